The Morgan fingerprint density at radius 3 is 2.06 bits per heavy atom. The van der Waals surface area contributed by atoms with Gasteiger partial charge in [0.15, 0.2) is 0 Å². The van der Waals surface area contributed by atoms with Crippen LogP contribution in [-0.4, -0.2) is 40.5 Å². The lowest BCUT2D eigenvalue weighted by Gasteiger charge is -2.39. The van der Waals surface area contributed by atoms with E-state index in [0.717, 1.165) is 16.9 Å². The maximum atomic E-state index is 12.8. The lowest BCUT2D eigenvalue weighted by atomic mass is 9.98. The molecule has 1 N–H and O–H groups in total. The monoisotopic (exact) mass is 436 g/mol. The molecule has 0 atom stereocenters. The number of nitrogens with zero attached hydrogens (tertiary/aromatic N) is 1. The number of aryl methyl sites for hydroxylation is 2. The summed E-state index contributed by atoms with van der Waals surface area (Å²) in [5.74, 6) is 0.855. The largest absolute Gasteiger partial charge is 0.493 e. The molecule has 0 heterocycles. The Hall–Kier alpha value is -2.44. The van der Waals surface area contributed by atoms with E-state index in [2.05, 4.69) is 5.43 Å². The van der Waals surface area contributed by atoms with Crippen molar-refractivity contribution in [3.05, 3.63) is 29.3 Å². The fraction of sp³-hybridized carbons (Fsp3) is 0.667. The summed E-state index contributed by atoms with van der Waals surface area (Å²) in [4.78, 5) is 25.2. The molecule has 0 aliphatic carbocycles. The number of carbonyl (C=O) groups excluding carboxylic acids is 2. The summed E-state index contributed by atoms with van der Waals surface area (Å²) in [6.07, 6.45) is -0.0976. The van der Waals surface area contributed by atoms with E-state index in [1.54, 1.807) is 41.5 Å². The third-order valence-corrected chi connectivity index (χ3v) is 4.32. The van der Waals surface area contributed by atoms with Gasteiger partial charge in [0.1, 0.15) is 17.0 Å². The van der Waals surface area contributed by atoms with Crippen LogP contribution >= 0.6 is 0 Å². The topological polar surface area (TPSA) is 77.1 Å². The summed E-state index contributed by atoms with van der Waals surface area (Å²) in [5, 5.41) is 1.21. The molecule has 7 heteroatoms. The fourth-order valence-electron chi connectivity index (χ4n) is 2.81. The van der Waals surface area contributed by atoms with Crippen LogP contribution in [0, 0.1) is 13.8 Å². The Morgan fingerprint density at radius 2 is 1.52 bits per heavy atom. The molecular weight excluding hydrogens is 396 g/mol. The Bertz CT molecular complexity index is 760. The van der Waals surface area contributed by atoms with Gasteiger partial charge in [0.05, 0.1) is 12.1 Å². The lowest BCUT2D eigenvalue weighted by molar-refractivity contribution is -0.0271. The van der Waals surface area contributed by atoms with Gasteiger partial charge in [-0.25, -0.2) is 20.0 Å². The smallest absolute Gasteiger partial charge is 0.429 e. The molecule has 31 heavy (non-hydrogen) atoms. The number of rotatable bonds is 6. The summed E-state index contributed by atoms with van der Waals surface area (Å²) >= 11 is 0. The Balaban J connectivity index is 2.84. The highest BCUT2D eigenvalue weighted by molar-refractivity contribution is 5.75. The SMILES string of the molecule is Cc1ccc(C)c(OCCCC(C)(C)N(NC(=O)OC(C)(C)C)C(=O)OC(C)(C)C)c1. The molecule has 0 saturated carbocycles. The van der Waals surface area contributed by atoms with Gasteiger partial charge in [-0.2, -0.15) is 0 Å². The molecule has 2 amide bonds. The average molecular weight is 437 g/mol. The van der Waals surface area contributed by atoms with Crippen molar-refractivity contribution in [2.75, 3.05) is 6.61 Å². The first kappa shape index (κ1) is 26.6. The van der Waals surface area contributed by atoms with E-state index in [1.807, 2.05) is 45.9 Å². The van der Waals surface area contributed by atoms with Crippen LogP contribution in [0.25, 0.3) is 0 Å². The summed E-state index contributed by atoms with van der Waals surface area (Å²) in [5.41, 5.74) is 2.66. The van der Waals surface area contributed by atoms with Gasteiger partial charge in [-0.3, -0.25) is 0 Å². The maximum Gasteiger partial charge on any atom is 0.429 e. The van der Waals surface area contributed by atoms with Crippen molar-refractivity contribution >= 4 is 12.2 Å². The molecule has 0 bridgehead atoms. The van der Waals surface area contributed by atoms with Gasteiger partial charge >= 0.3 is 12.2 Å². The first-order valence-electron chi connectivity index (χ1n) is 10.7. The number of carbonyl (C=O) groups is 2. The zero-order valence-electron chi connectivity index (χ0n) is 20.8. The van der Waals surface area contributed by atoms with Crippen molar-refractivity contribution in [2.45, 2.75) is 98.8 Å². The zero-order chi connectivity index (χ0) is 24.0. The van der Waals surface area contributed by atoms with Crippen LogP contribution < -0.4 is 10.2 Å². The van der Waals surface area contributed by atoms with Crippen molar-refractivity contribution in [1.29, 1.82) is 0 Å². The summed E-state index contributed by atoms with van der Waals surface area (Å²) in [6, 6.07) is 6.09. The lowest BCUT2D eigenvalue weighted by Crippen LogP contribution is -2.59. The molecule has 0 saturated heterocycles. The van der Waals surface area contributed by atoms with Gasteiger partial charge in [-0.05, 0) is 99.3 Å². The molecular formula is C24H40N2O5. The van der Waals surface area contributed by atoms with Gasteiger partial charge in [-0.1, -0.05) is 12.1 Å². The van der Waals surface area contributed by atoms with Gasteiger partial charge in [0.2, 0.25) is 0 Å². The normalized spacial score (nSPS) is 12.2. The molecule has 1 aromatic rings. The first-order chi connectivity index (χ1) is 14.0. The van der Waals surface area contributed by atoms with Crippen molar-refractivity contribution in [3.63, 3.8) is 0 Å². The van der Waals surface area contributed by atoms with Gasteiger partial charge in [-0.15, -0.1) is 0 Å². The van der Waals surface area contributed by atoms with Crippen molar-refractivity contribution < 1.29 is 23.8 Å². The van der Waals surface area contributed by atoms with E-state index in [4.69, 9.17) is 14.2 Å². The van der Waals surface area contributed by atoms with Gasteiger partial charge in [0.25, 0.3) is 0 Å². The third kappa shape index (κ3) is 9.94. The Labute approximate surface area is 187 Å². The molecule has 0 aromatic heterocycles. The Kier molecular flexibility index (Phi) is 8.79. The van der Waals surface area contributed by atoms with E-state index in [0.29, 0.717) is 19.4 Å². The number of ether oxygens (including phenoxy) is 3. The van der Waals surface area contributed by atoms with E-state index >= 15 is 0 Å². The van der Waals surface area contributed by atoms with E-state index < -0.39 is 28.9 Å². The molecule has 0 spiro atoms. The second-order valence-electron chi connectivity index (χ2n) is 10.5. The summed E-state index contributed by atoms with van der Waals surface area (Å²) in [7, 11) is 0. The highest BCUT2D eigenvalue weighted by Crippen LogP contribution is 2.24. The predicted molar refractivity (Wildman–Crippen MR) is 122 cm³/mol. The molecule has 0 radical (unpaired) electrons. The second-order valence-corrected chi connectivity index (χ2v) is 10.5. The molecule has 0 unspecified atom stereocenters. The van der Waals surface area contributed by atoms with Crippen molar-refractivity contribution in [2.24, 2.45) is 0 Å². The number of nitrogens with one attached hydrogen (secondary N) is 1. The molecule has 0 fully saturated rings. The fourth-order valence-corrected chi connectivity index (χ4v) is 2.81. The minimum absolute atomic E-state index is 0.488. The number of hydrogen-bond donors (Lipinski definition) is 1. The highest BCUT2D eigenvalue weighted by atomic mass is 16.6. The average Bonchev–Trinajstić information content (AvgIpc) is 2.56. The van der Waals surface area contributed by atoms with Crippen LogP contribution in [0.5, 0.6) is 5.75 Å². The van der Waals surface area contributed by atoms with Crippen LogP contribution in [-0.2, 0) is 9.47 Å². The van der Waals surface area contributed by atoms with E-state index in [-0.39, 0.29) is 0 Å². The number of hydrogen-bond acceptors (Lipinski definition) is 5. The summed E-state index contributed by atoms with van der Waals surface area (Å²) in [6.45, 7) is 18.9. The number of hydrazine groups is 1. The standard InChI is InChI=1S/C24H40N2O5/c1-17-12-13-18(2)19(16-17)29-15-11-14-24(9,10)26(21(28)31-23(6,7)8)25-20(27)30-22(3,4)5/h12-13,16H,11,14-15H2,1-10H3,(H,25,27). The van der Waals surface area contributed by atoms with Crippen molar-refractivity contribution in [3.8, 4) is 5.75 Å². The predicted octanol–water partition coefficient (Wildman–Crippen LogP) is 5.92. The minimum atomic E-state index is -0.732. The van der Waals surface area contributed by atoms with Crippen LogP contribution in [0.2, 0.25) is 0 Å². The van der Waals surface area contributed by atoms with Crippen LogP contribution in [0.3, 0.4) is 0 Å². The highest BCUT2D eigenvalue weighted by Gasteiger charge is 2.36. The quantitative estimate of drug-likeness (QED) is 0.442. The van der Waals surface area contributed by atoms with Gasteiger partial charge < -0.3 is 14.2 Å². The van der Waals surface area contributed by atoms with Gasteiger partial charge in [0, 0.05) is 0 Å². The van der Waals surface area contributed by atoms with Crippen LogP contribution in [0.4, 0.5) is 9.59 Å². The molecule has 7 nitrogen and oxygen atoms in total. The van der Waals surface area contributed by atoms with Crippen LogP contribution in [0.15, 0.2) is 18.2 Å². The molecule has 0 aliphatic heterocycles. The first-order valence-corrected chi connectivity index (χ1v) is 10.7. The molecule has 176 valence electrons. The minimum Gasteiger partial charge on any atom is -0.493 e. The second kappa shape index (κ2) is 10.2. The summed E-state index contributed by atoms with van der Waals surface area (Å²) < 4.78 is 16.8. The maximum absolute atomic E-state index is 12.8. The molecule has 1 rings (SSSR count). The van der Waals surface area contributed by atoms with E-state index in [1.165, 1.54) is 5.01 Å². The number of benzene rings is 1. The van der Waals surface area contributed by atoms with Crippen LogP contribution in [0.1, 0.15) is 79.4 Å². The molecule has 1 aromatic carbocycles. The Morgan fingerprint density at radius 1 is 0.935 bits per heavy atom. The number of amides is 2. The zero-order valence-corrected chi connectivity index (χ0v) is 20.8. The molecule has 0 aliphatic rings. The third-order valence-electron chi connectivity index (χ3n) is 4.32. The van der Waals surface area contributed by atoms with Crippen molar-refractivity contribution in [1.82, 2.24) is 10.4 Å². The van der Waals surface area contributed by atoms with E-state index in [9.17, 15) is 9.59 Å².